The number of hydrogen-bond donors (Lipinski definition) is 0. The third-order valence-corrected chi connectivity index (χ3v) is 2.58. The van der Waals surface area contributed by atoms with Crippen molar-refractivity contribution in [3.63, 3.8) is 0 Å². The predicted octanol–water partition coefficient (Wildman–Crippen LogP) is 2.88. The zero-order valence-corrected chi connectivity index (χ0v) is 10.6. The van der Waals surface area contributed by atoms with E-state index < -0.39 is 0 Å². The van der Waals surface area contributed by atoms with Gasteiger partial charge in [0.1, 0.15) is 0 Å². The third-order valence-electron chi connectivity index (χ3n) is 2.58. The molecule has 92 valence electrons. The maximum atomic E-state index is 11.8. The Labute approximate surface area is 109 Å². The molecule has 1 rings (SSSR count). The maximum absolute atomic E-state index is 11.8. The Morgan fingerprint density at radius 2 is 2.22 bits per heavy atom. The molecule has 2 nitrogen and oxygen atoms in total. The van der Waals surface area contributed by atoms with Gasteiger partial charge in [0.25, 0.3) is 5.91 Å². The molecule has 0 aliphatic rings. The lowest BCUT2D eigenvalue weighted by atomic mass is 10.1. The van der Waals surface area contributed by atoms with Gasteiger partial charge in [0.2, 0.25) is 0 Å². The molecule has 0 bridgehead atoms. The number of nitrogens with zero attached hydrogens (tertiary/aromatic N) is 1. The van der Waals surface area contributed by atoms with Gasteiger partial charge in [-0.1, -0.05) is 36.3 Å². The van der Waals surface area contributed by atoms with E-state index in [0.717, 1.165) is 16.8 Å². The van der Waals surface area contributed by atoms with Gasteiger partial charge < -0.3 is 0 Å². The first-order valence-electron chi connectivity index (χ1n) is 5.71. The molecule has 0 saturated heterocycles. The summed E-state index contributed by atoms with van der Waals surface area (Å²) in [6.45, 7) is 9.48. The van der Waals surface area contributed by atoms with Crippen LogP contribution in [0.4, 0.5) is 5.69 Å². The highest BCUT2D eigenvalue weighted by Gasteiger charge is 2.14. The number of carbonyl (C=O) groups is 1. The number of amides is 1. The molecule has 0 unspecified atom stereocenters. The van der Waals surface area contributed by atoms with Crippen molar-refractivity contribution in [3.8, 4) is 12.3 Å². The summed E-state index contributed by atoms with van der Waals surface area (Å²) < 4.78 is 0. The quantitative estimate of drug-likeness (QED) is 0.439. The largest absolute Gasteiger partial charge is 0.297 e. The maximum Gasteiger partial charge on any atom is 0.251 e. The molecule has 0 aliphatic heterocycles. The van der Waals surface area contributed by atoms with Gasteiger partial charge in [0, 0.05) is 5.69 Å². The molecule has 0 heterocycles. The van der Waals surface area contributed by atoms with Crippen molar-refractivity contribution in [3.05, 3.63) is 54.6 Å². The zero-order chi connectivity index (χ0) is 13.5. The van der Waals surface area contributed by atoms with Crippen molar-refractivity contribution in [2.45, 2.75) is 13.3 Å². The van der Waals surface area contributed by atoms with Crippen LogP contribution in [0.15, 0.2) is 43.5 Å². The normalized spacial score (nSPS) is 9.33. The van der Waals surface area contributed by atoms with Crippen LogP contribution >= 0.6 is 0 Å². The second-order valence-corrected chi connectivity index (χ2v) is 3.96. The number of benzene rings is 1. The lowest BCUT2D eigenvalue weighted by Crippen LogP contribution is -2.30. The van der Waals surface area contributed by atoms with Gasteiger partial charge in [0.05, 0.1) is 6.54 Å². The lowest BCUT2D eigenvalue weighted by Gasteiger charge is -2.22. The summed E-state index contributed by atoms with van der Waals surface area (Å²) in [6.07, 6.45) is 9.09. The van der Waals surface area contributed by atoms with E-state index in [1.807, 2.05) is 31.2 Å². The monoisotopic (exact) mass is 239 g/mol. The van der Waals surface area contributed by atoms with Crippen LogP contribution < -0.4 is 4.90 Å². The minimum absolute atomic E-state index is 0.192. The fraction of sp³-hybridized carbons (Fsp3) is 0.188. The Morgan fingerprint density at radius 1 is 1.50 bits per heavy atom. The predicted molar refractivity (Wildman–Crippen MR) is 76.5 cm³/mol. The van der Waals surface area contributed by atoms with Crippen LogP contribution in [0.3, 0.4) is 0 Å². The topological polar surface area (TPSA) is 20.3 Å². The fourth-order valence-electron chi connectivity index (χ4n) is 1.78. The van der Waals surface area contributed by atoms with E-state index in [4.69, 9.17) is 6.42 Å². The highest BCUT2D eigenvalue weighted by Crippen LogP contribution is 2.23. The van der Waals surface area contributed by atoms with E-state index in [1.165, 1.54) is 6.08 Å². The van der Waals surface area contributed by atoms with Crippen molar-refractivity contribution in [2.24, 2.45) is 0 Å². The van der Waals surface area contributed by atoms with Gasteiger partial charge in [-0.2, -0.15) is 0 Å². The molecule has 0 aliphatic carbocycles. The Morgan fingerprint density at radius 3 is 2.78 bits per heavy atom. The van der Waals surface area contributed by atoms with Crippen molar-refractivity contribution in [1.29, 1.82) is 0 Å². The SMILES string of the molecule is C#CCN(C(=O)C=C)c1ccc(C)cc1CC=C. The molecule has 1 amide bonds. The van der Waals surface area contributed by atoms with Gasteiger partial charge in [-0.25, -0.2) is 0 Å². The standard InChI is InChI=1S/C16H17NO/c1-5-8-14-12-13(4)9-10-15(14)17(11-6-2)16(18)7-3/h2,5,7,9-10,12H,1,3,8,11H2,4H3. The summed E-state index contributed by atoms with van der Waals surface area (Å²) in [5, 5.41) is 0. The minimum atomic E-state index is -0.192. The van der Waals surface area contributed by atoms with E-state index >= 15 is 0 Å². The number of carbonyl (C=O) groups excluding carboxylic acids is 1. The second kappa shape index (κ2) is 6.46. The van der Waals surface area contributed by atoms with Gasteiger partial charge >= 0.3 is 0 Å². The van der Waals surface area contributed by atoms with Crippen LogP contribution in [0.2, 0.25) is 0 Å². The summed E-state index contributed by atoms with van der Waals surface area (Å²) in [5.41, 5.74) is 3.00. The van der Waals surface area contributed by atoms with Crippen molar-refractivity contribution >= 4 is 11.6 Å². The molecule has 18 heavy (non-hydrogen) atoms. The van der Waals surface area contributed by atoms with E-state index in [2.05, 4.69) is 19.1 Å². The van der Waals surface area contributed by atoms with Crippen LogP contribution in [0.25, 0.3) is 0 Å². The van der Waals surface area contributed by atoms with Crippen molar-refractivity contribution in [1.82, 2.24) is 0 Å². The summed E-state index contributed by atoms with van der Waals surface area (Å²) in [7, 11) is 0. The lowest BCUT2D eigenvalue weighted by molar-refractivity contribution is -0.114. The summed E-state index contributed by atoms with van der Waals surface area (Å²) in [5.74, 6) is 2.30. The first-order chi connectivity index (χ1) is 8.63. The van der Waals surface area contributed by atoms with E-state index in [0.29, 0.717) is 6.42 Å². The smallest absolute Gasteiger partial charge is 0.251 e. The first-order valence-corrected chi connectivity index (χ1v) is 5.71. The number of aryl methyl sites for hydroxylation is 1. The highest BCUT2D eigenvalue weighted by molar-refractivity contribution is 6.02. The Bertz CT molecular complexity index is 508. The van der Waals surface area contributed by atoms with Crippen molar-refractivity contribution in [2.75, 3.05) is 11.4 Å². The summed E-state index contributed by atoms with van der Waals surface area (Å²) >= 11 is 0. The highest BCUT2D eigenvalue weighted by atomic mass is 16.2. The molecule has 0 saturated carbocycles. The average Bonchev–Trinajstić information content (AvgIpc) is 2.36. The number of rotatable bonds is 5. The van der Waals surface area contributed by atoms with Gasteiger partial charge in [-0.05, 0) is 31.1 Å². The van der Waals surface area contributed by atoms with Crippen molar-refractivity contribution < 1.29 is 4.79 Å². The summed E-state index contributed by atoms with van der Waals surface area (Å²) in [4.78, 5) is 13.4. The Kier molecular flexibility index (Phi) is 4.95. The molecular formula is C16H17NO. The number of allylic oxidation sites excluding steroid dienone is 1. The average molecular weight is 239 g/mol. The van der Waals surface area contributed by atoms with E-state index in [1.54, 1.807) is 4.90 Å². The summed E-state index contributed by atoms with van der Waals surface area (Å²) in [6, 6.07) is 5.91. The molecule has 1 aromatic rings. The minimum Gasteiger partial charge on any atom is -0.297 e. The van der Waals surface area contributed by atoms with Crippen LogP contribution in [0.5, 0.6) is 0 Å². The van der Waals surface area contributed by atoms with Crippen LogP contribution in [0.1, 0.15) is 11.1 Å². The zero-order valence-electron chi connectivity index (χ0n) is 10.6. The van der Waals surface area contributed by atoms with Gasteiger partial charge in [-0.3, -0.25) is 9.69 Å². The Balaban J connectivity index is 3.26. The van der Waals surface area contributed by atoms with E-state index in [9.17, 15) is 4.79 Å². The molecule has 0 aromatic heterocycles. The van der Waals surface area contributed by atoms with Crippen LogP contribution in [0, 0.1) is 19.3 Å². The molecular weight excluding hydrogens is 222 g/mol. The number of anilines is 1. The van der Waals surface area contributed by atoms with Gasteiger partial charge in [-0.15, -0.1) is 13.0 Å². The molecule has 2 heteroatoms. The molecule has 0 fully saturated rings. The van der Waals surface area contributed by atoms with Gasteiger partial charge in [0.15, 0.2) is 0 Å². The van der Waals surface area contributed by atoms with Crippen LogP contribution in [-0.4, -0.2) is 12.5 Å². The molecule has 0 atom stereocenters. The molecule has 0 spiro atoms. The Hall–Kier alpha value is -2.27. The van der Waals surface area contributed by atoms with E-state index in [-0.39, 0.29) is 12.5 Å². The first kappa shape index (κ1) is 13.8. The van der Waals surface area contributed by atoms with Crippen LogP contribution in [-0.2, 0) is 11.2 Å². The molecule has 0 N–H and O–H groups in total. The molecule has 1 aromatic carbocycles. The second-order valence-electron chi connectivity index (χ2n) is 3.96. The number of terminal acetylenes is 1. The third kappa shape index (κ3) is 3.11. The molecule has 0 radical (unpaired) electrons. The fourth-order valence-corrected chi connectivity index (χ4v) is 1.78. The number of hydrogen-bond acceptors (Lipinski definition) is 1.